The summed E-state index contributed by atoms with van der Waals surface area (Å²) in [7, 11) is -3.63. The number of nitrogens with one attached hydrogen (secondary N) is 1. The van der Waals surface area contributed by atoms with E-state index in [-0.39, 0.29) is 6.54 Å². The maximum absolute atomic E-state index is 12.5. The number of benzene rings is 2. The van der Waals surface area contributed by atoms with Crippen molar-refractivity contribution in [2.45, 2.75) is 27.2 Å². The van der Waals surface area contributed by atoms with Crippen LogP contribution in [0.3, 0.4) is 0 Å². The number of aryl methyl sites for hydroxylation is 3. The molecule has 0 aromatic heterocycles. The first-order valence-electron chi connectivity index (χ1n) is 8.25. The van der Waals surface area contributed by atoms with E-state index in [1.54, 1.807) is 18.2 Å². The third kappa shape index (κ3) is 4.77. The Morgan fingerprint density at radius 1 is 1.15 bits per heavy atom. The zero-order valence-electron chi connectivity index (χ0n) is 15.3. The van der Waals surface area contributed by atoms with Crippen LogP contribution < -0.4 is 9.62 Å². The van der Waals surface area contributed by atoms with E-state index in [9.17, 15) is 13.2 Å². The molecule has 0 saturated heterocycles. The van der Waals surface area contributed by atoms with Crippen molar-refractivity contribution in [2.24, 2.45) is 0 Å². The van der Waals surface area contributed by atoms with Gasteiger partial charge in [-0.25, -0.2) is 8.42 Å². The van der Waals surface area contributed by atoms with Gasteiger partial charge in [0.15, 0.2) is 0 Å². The van der Waals surface area contributed by atoms with E-state index in [1.807, 2.05) is 39.0 Å². The van der Waals surface area contributed by atoms with Crippen LogP contribution in [0.2, 0.25) is 5.02 Å². The minimum atomic E-state index is -3.63. The van der Waals surface area contributed by atoms with Crippen LogP contribution in [0, 0.1) is 13.8 Å². The topological polar surface area (TPSA) is 66.5 Å². The van der Waals surface area contributed by atoms with Crippen LogP contribution in [-0.2, 0) is 21.2 Å². The molecular weight excluding hydrogens is 372 g/mol. The zero-order valence-corrected chi connectivity index (χ0v) is 16.9. The first-order chi connectivity index (χ1) is 12.1. The number of sulfonamides is 1. The Balaban J connectivity index is 2.34. The smallest absolute Gasteiger partial charge is 0.245 e. The van der Waals surface area contributed by atoms with E-state index in [1.165, 1.54) is 4.31 Å². The van der Waals surface area contributed by atoms with E-state index in [2.05, 4.69) is 5.32 Å². The molecule has 1 N–H and O–H groups in total. The quantitative estimate of drug-likeness (QED) is 0.807. The van der Waals surface area contributed by atoms with Crippen molar-refractivity contribution in [2.75, 3.05) is 22.4 Å². The van der Waals surface area contributed by atoms with E-state index >= 15 is 0 Å². The van der Waals surface area contributed by atoms with Crippen LogP contribution in [-0.4, -0.2) is 27.1 Å². The van der Waals surface area contributed by atoms with Crippen LogP contribution in [0.1, 0.15) is 23.6 Å². The summed E-state index contributed by atoms with van der Waals surface area (Å²) in [6.07, 6.45) is 1.78. The molecule has 0 atom stereocenters. The number of carbonyl (C=O) groups is 1. The number of halogens is 1. The second-order valence-corrected chi connectivity index (χ2v) is 8.56. The lowest BCUT2D eigenvalue weighted by Gasteiger charge is -2.26. The summed E-state index contributed by atoms with van der Waals surface area (Å²) >= 11 is 5.93. The number of anilines is 2. The molecule has 2 rings (SSSR count). The molecule has 140 valence electrons. The van der Waals surface area contributed by atoms with Crippen LogP contribution in [0.5, 0.6) is 0 Å². The molecule has 0 aliphatic carbocycles. The maximum Gasteiger partial charge on any atom is 0.245 e. The molecule has 0 saturated carbocycles. The van der Waals surface area contributed by atoms with Crippen molar-refractivity contribution in [1.29, 1.82) is 0 Å². The minimum absolute atomic E-state index is 0.293. The third-order valence-electron chi connectivity index (χ3n) is 4.10. The van der Waals surface area contributed by atoms with Crippen molar-refractivity contribution in [3.63, 3.8) is 0 Å². The lowest BCUT2D eigenvalue weighted by Crippen LogP contribution is -2.38. The summed E-state index contributed by atoms with van der Waals surface area (Å²) < 4.78 is 25.9. The Hall–Kier alpha value is -2.05. The molecule has 0 radical (unpaired) electrons. The molecule has 26 heavy (non-hydrogen) atoms. The second-order valence-electron chi connectivity index (χ2n) is 6.21. The number of hydrogen-bond donors (Lipinski definition) is 1. The van der Waals surface area contributed by atoms with Gasteiger partial charge >= 0.3 is 0 Å². The predicted octanol–water partition coefficient (Wildman–Crippen LogP) is 3.92. The van der Waals surface area contributed by atoms with Crippen molar-refractivity contribution < 1.29 is 13.2 Å². The SMILES string of the molecule is CCc1cccc(C)c1N(CC(=O)Nc1ccc(Cl)cc1C)S(C)(=O)=O. The number of rotatable bonds is 6. The first kappa shape index (κ1) is 20.3. The molecule has 2 aromatic carbocycles. The molecule has 7 heteroatoms. The van der Waals surface area contributed by atoms with Gasteiger partial charge in [0.1, 0.15) is 6.54 Å². The Morgan fingerprint density at radius 3 is 2.42 bits per heavy atom. The van der Waals surface area contributed by atoms with Crippen molar-refractivity contribution in [3.8, 4) is 0 Å². The van der Waals surface area contributed by atoms with Gasteiger partial charge in [-0.1, -0.05) is 36.7 Å². The highest BCUT2D eigenvalue weighted by Crippen LogP contribution is 2.28. The number of hydrogen-bond acceptors (Lipinski definition) is 3. The number of para-hydroxylation sites is 1. The molecule has 0 spiro atoms. The Labute approximate surface area is 160 Å². The zero-order chi connectivity index (χ0) is 19.5. The fourth-order valence-electron chi connectivity index (χ4n) is 2.81. The van der Waals surface area contributed by atoms with Crippen LogP contribution in [0.25, 0.3) is 0 Å². The summed E-state index contributed by atoms with van der Waals surface area (Å²) in [4.78, 5) is 12.5. The highest BCUT2D eigenvalue weighted by atomic mass is 35.5. The number of carbonyl (C=O) groups excluding carboxylic acids is 1. The van der Waals surface area contributed by atoms with Gasteiger partial charge in [0.05, 0.1) is 11.9 Å². The van der Waals surface area contributed by atoms with Gasteiger partial charge in [0.25, 0.3) is 0 Å². The maximum atomic E-state index is 12.5. The van der Waals surface area contributed by atoms with Gasteiger partial charge in [-0.15, -0.1) is 0 Å². The fourth-order valence-corrected chi connectivity index (χ4v) is 3.98. The summed E-state index contributed by atoms with van der Waals surface area (Å²) in [5, 5.41) is 3.34. The fraction of sp³-hybridized carbons (Fsp3) is 0.316. The normalized spacial score (nSPS) is 11.3. The molecule has 0 bridgehead atoms. The monoisotopic (exact) mass is 394 g/mol. The molecular formula is C19H23ClN2O3S. The lowest BCUT2D eigenvalue weighted by molar-refractivity contribution is -0.114. The second kappa shape index (κ2) is 8.10. The number of amides is 1. The highest BCUT2D eigenvalue weighted by molar-refractivity contribution is 7.92. The molecule has 0 fully saturated rings. The average Bonchev–Trinajstić information content (AvgIpc) is 2.54. The van der Waals surface area contributed by atoms with Gasteiger partial charge in [-0.2, -0.15) is 0 Å². The van der Waals surface area contributed by atoms with E-state index in [0.29, 0.717) is 22.8 Å². The average molecular weight is 395 g/mol. The largest absolute Gasteiger partial charge is 0.324 e. The number of nitrogens with zero attached hydrogens (tertiary/aromatic N) is 1. The van der Waals surface area contributed by atoms with Crippen molar-refractivity contribution in [3.05, 3.63) is 58.1 Å². The standard InChI is InChI=1S/C19H23ClN2O3S/c1-5-15-8-6-7-13(2)19(15)22(26(4,24)25)12-18(23)21-17-10-9-16(20)11-14(17)3/h6-11H,5,12H2,1-4H3,(H,21,23). The molecule has 2 aromatic rings. The summed E-state index contributed by atoms with van der Waals surface area (Å²) in [6.45, 7) is 5.33. The van der Waals surface area contributed by atoms with Crippen LogP contribution in [0.4, 0.5) is 11.4 Å². The Kier molecular flexibility index (Phi) is 6.31. The summed E-state index contributed by atoms with van der Waals surface area (Å²) in [5.74, 6) is -0.411. The van der Waals surface area contributed by atoms with Gasteiger partial charge in [-0.3, -0.25) is 9.10 Å². The highest BCUT2D eigenvalue weighted by Gasteiger charge is 2.24. The van der Waals surface area contributed by atoms with E-state index < -0.39 is 15.9 Å². The van der Waals surface area contributed by atoms with Gasteiger partial charge in [0.2, 0.25) is 15.9 Å². The van der Waals surface area contributed by atoms with Crippen molar-refractivity contribution in [1.82, 2.24) is 0 Å². The van der Waals surface area contributed by atoms with Gasteiger partial charge < -0.3 is 5.32 Å². The Morgan fingerprint density at radius 2 is 1.85 bits per heavy atom. The predicted molar refractivity (Wildman–Crippen MR) is 108 cm³/mol. The first-order valence-corrected chi connectivity index (χ1v) is 10.5. The van der Waals surface area contributed by atoms with Crippen LogP contribution >= 0.6 is 11.6 Å². The van der Waals surface area contributed by atoms with Gasteiger partial charge in [0, 0.05) is 10.7 Å². The molecule has 0 aliphatic rings. The van der Waals surface area contributed by atoms with Gasteiger partial charge in [-0.05, 0) is 55.2 Å². The Bertz CT molecular complexity index is 926. The lowest BCUT2D eigenvalue weighted by atomic mass is 10.1. The van der Waals surface area contributed by atoms with Crippen LogP contribution in [0.15, 0.2) is 36.4 Å². The molecule has 0 heterocycles. The van der Waals surface area contributed by atoms with E-state index in [0.717, 1.165) is 22.9 Å². The molecule has 0 aliphatic heterocycles. The summed E-state index contributed by atoms with van der Waals surface area (Å²) in [6, 6.07) is 10.7. The van der Waals surface area contributed by atoms with E-state index in [4.69, 9.17) is 11.6 Å². The minimum Gasteiger partial charge on any atom is -0.324 e. The molecule has 0 unspecified atom stereocenters. The summed E-state index contributed by atoms with van der Waals surface area (Å²) in [5.41, 5.74) is 3.67. The van der Waals surface area contributed by atoms with Crippen molar-refractivity contribution >= 4 is 38.9 Å². The molecule has 5 nitrogen and oxygen atoms in total. The molecule has 1 amide bonds. The third-order valence-corrected chi connectivity index (χ3v) is 5.45.